The molecule has 2 N–H and O–H groups in total. The molecule has 0 radical (unpaired) electrons. The Morgan fingerprint density at radius 2 is 2.36 bits per heavy atom. The minimum atomic E-state index is -0.131. The van der Waals surface area contributed by atoms with Crippen LogP contribution in [0.4, 0.5) is 0 Å². The summed E-state index contributed by atoms with van der Waals surface area (Å²) in [5.41, 5.74) is 1.32. The Hall–Kier alpha value is -1.92. The van der Waals surface area contributed by atoms with Crippen LogP contribution in [0.15, 0.2) is 24.3 Å². The molecule has 1 saturated carbocycles. The summed E-state index contributed by atoms with van der Waals surface area (Å²) >= 11 is 0. The van der Waals surface area contributed by atoms with Gasteiger partial charge >= 0.3 is 0 Å². The molecule has 1 aliphatic heterocycles. The Morgan fingerprint density at radius 1 is 1.50 bits per heavy atom. The lowest BCUT2D eigenvalue weighted by Gasteiger charge is -2.47. The summed E-state index contributed by atoms with van der Waals surface area (Å²) in [7, 11) is 1.68. The SMILES string of the molecule is COC[C@H]1[C@@H](NC(=O)c2n[nH]c3ccccc23)[C@H]2CCO[C@H]21. The summed E-state index contributed by atoms with van der Waals surface area (Å²) in [5.74, 6) is 0.495. The molecule has 0 unspecified atom stereocenters. The van der Waals surface area contributed by atoms with E-state index in [1.807, 2.05) is 24.3 Å². The van der Waals surface area contributed by atoms with E-state index >= 15 is 0 Å². The molecule has 4 atom stereocenters. The van der Waals surface area contributed by atoms with E-state index in [1.54, 1.807) is 7.11 Å². The highest BCUT2D eigenvalue weighted by Gasteiger charge is 2.54. The molecule has 6 nitrogen and oxygen atoms in total. The van der Waals surface area contributed by atoms with Crippen molar-refractivity contribution in [3.63, 3.8) is 0 Å². The monoisotopic (exact) mass is 301 g/mol. The Labute approximate surface area is 128 Å². The van der Waals surface area contributed by atoms with Crippen LogP contribution >= 0.6 is 0 Å². The van der Waals surface area contributed by atoms with Crippen molar-refractivity contribution < 1.29 is 14.3 Å². The van der Waals surface area contributed by atoms with E-state index in [4.69, 9.17) is 9.47 Å². The maximum absolute atomic E-state index is 12.6. The van der Waals surface area contributed by atoms with Gasteiger partial charge in [0.1, 0.15) is 0 Å². The number of carbonyl (C=O) groups is 1. The van der Waals surface area contributed by atoms with Crippen LogP contribution in [-0.4, -0.2) is 48.6 Å². The van der Waals surface area contributed by atoms with Crippen molar-refractivity contribution in [2.75, 3.05) is 20.3 Å². The van der Waals surface area contributed by atoms with Crippen LogP contribution in [0.25, 0.3) is 10.9 Å². The van der Waals surface area contributed by atoms with Crippen molar-refractivity contribution >= 4 is 16.8 Å². The first-order chi connectivity index (χ1) is 10.8. The summed E-state index contributed by atoms with van der Waals surface area (Å²) < 4.78 is 11.0. The Bertz CT molecular complexity index is 699. The highest BCUT2D eigenvalue weighted by atomic mass is 16.5. The van der Waals surface area contributed by atoms with Crippen LogP contribution in [0.1, 0.15) is 16.9 Å². The molecule has 1 aromatic heterocycles. The lowest BCUT2D eigenvalue weighted by Crippen LogP contribution is -2.62. The van der Waals surface area contributed by atoms with E-state index in [0.29, 0.717) is 18.2 Å². The standard InChI is InChI=1S/C16H19N3O3/c1-21-8-11-13(10-6-7-22-15(10)11)17-16(20)14-9-4-2-3-5-12(9)18-19-14/h2-5,10-11,13,15H,6-8H2,1H3,(H,17,20)(H,18,19)/t10-,11+,13+,15-/m1/s1. The Balaban J connectivity index is 1.54. The number of carbonyl (C=O) groups excluding carboxylic acids is 1. The molecule has 1 amide bonds. The topological polar surface area (TPSA) is 76.2 Å². The van der Waals surface area contributed by atoms with Crippen molar-refractivity contribution in [1.29, 1.82) is 0 Å². The van der Waals surface area contributed by atoms with Gasteiger partial charge in [-0.2, -0.15) is 5.10 Å². The number of fused-ring (bicyclic) bond motifs is 2. The van der Waals surface area contributed by atoms with Gasteiger partial charge < -0.3 is 14.8 Å². The van der Waals surface area contributed by atoms with Gasteiger partial charge in [0, 0.05) is 37.0 Å². The van der Waals surface area contributed by atoms with Gasteiger partial charge in [-0.15, -0.1) is 0 Å². The molecule has 0 bridgehead atoms. The molecule has 2 heterocycles. The van der Waals surface area contributed by atoms with Crippen molar-refractivity contribution in [1.82, 2.24) is 15.5 Å². The first-order valence-electron chi connectivity index (χ1n) is 7.64. The minimum absolute atomic E-state index is 0.107. The lowest BCUT2D eigenvalue weighted by molar-refractivity contribution is -0.0809. The number of nitrogens with zero attached hydrogens (tertiary/aromatic N) is 1. The van der Waals surface area contributed by atoms with E-state index in [1.165, 1.54) is 0 Å². The number of H-pyrrole nitrogens is 1. The molecule has 22 heavy (non-hydrogen) atoms. The number of aromatic nitrogens is 2. The second-order valence-electron chi connectivity index (χ2n) is 6.02. The summed E-state index contributed by atoms with van der Waals surface area (Å²) in [6, 6.07) is 7.76. The van der Waals surface area contributed by atoms with Crippen molar-refractivity contribution in [2.24, 2.45) is 11.8 Å². The molecular formula is C16H19N3O3. The summed E-state index contributed by atoms with van der Waals surface area (Å²) in [4.78, 5) is 12.6. The van der Waals surface area contributed by atoms with Gasteiger partial charge in [-0.05, 0) is 12.5 Å². The Morgan fingerprint density at radius 3 is 3.23 bits per heavy atom. The minimum Gasteiger partial charge on any atom is -0.384 e. The first kappa shape index (κ1) is 13.7. The zero-order chi connectivity index (χ0) is 15.1. The van der Waals surface area contributed by atoms with Gasteiger partial charge in [0.05, 0.1) is 18.2 Å². The third-order valence-electron chi connectivity index (χ3n) is 4.87. The maximum Gasteiger partial charge on any atom is 0.272 e. The second-order valence-corrected chi connectivity index (χ2v) is 6.02. The number of ether oxygens (including phenoxy) is 2. The normalized spacial score (nSPS) is 30.0. The van der Waals surface area contributed by atoms with E-state index < -0.39 is 0 Å². The Kier molecular flexibility index (Phi) is 3.35. The molecule has 1 aromatic carbocycles. The average molecular weight is 301 g/mol. The van der Waals surface area contributed by atoms with Crippen LogP contribution in [0.3, 0.4) is 0 Å². The quantitative estimate of drug-likeness (QED) is 0.893. The summed E-state index contributed by atoms with van der Waals surface area (Å²) in [5, 5.41) is 11.0. The van der Waals surface area contributed by atoms with Crippen molar-refractivity contribution in [3.05, 3.63) is 30.0 Å². The largest absolute Gasteiger partial charge is 0.384 e. The third kappa shape index (κ3) is 2.02. The lowest BCUT2D eigenvalue weighted by atomic mass is 9.67. The molecule has 1 aliphatic carbocycles. The maximum atomic E-state index is 12.6. The van der Waals surface area contributed by atoms with Crippen molar-refractivity contribution in [3.8, 4) is 0 Å². The summed E-state index contributed by atoms with van der Waals surface area (Å²) in [6.45, 7) is 1.38. The number of amides is 1. The predicted octanol–water partition coefficient (Wildman–Crippen LogP) is 1.34. The average Bonchev–Trinajstić information content (AvgIpc) is 3.15. The number of rotatable bonds is 4. The number of nitrogens with one attached hydrogen (secondary N) is 2. The van der Waals surface area contributed by atoms with E-state index in [-0.39, 0.29) is 24.0 Å². The van der Waals surface area contributed by atoms with Crippen LogP contribution in [-0.2, 0) is 9.47 Å². The number of hydrogen-bond acceptors (Lipinski definition) is 4. The molecule has 0 spiro atoms. The van der Waals surface area contributed by atoms with Gasteiger partial charge in [-0.1, -0.05) is 18.2 Å². The van der Waals surface area contributed by atoms with Crippen LogP contribution in [0, 0.1) is 11.8 Å². The number of benzene rings is 1. The molecule has 1 saturated heterocycles. The second kappa shape index (κ2) is 5.37. The van der Waals surface area contributed by atoms with Gasteiger partial charge in [-0.25, -0.2) is 0 Å². The molecule has 2 fully saturated rings. The van der Waals surface area contributed by atoms with E-state index in [0.717, 1.165) is 23.9 Å². The van der Waals surface area contributed by atoms with Crippen LogP contribution in [0.5, 0.6) is 0 Å². The van der Waals surface area contributed by atoms with Gasteiger partial charge in [0.15, 0.2) is 5.69 Å². The third-order valence-corrected chi connectivity index (χ3v) is 4.87. The molecule has 116 valence electrons. The molecule has 2 aliphatic rings. The number of para-hydroxylation sites is 1. The van der Waals surface area contributed by atoms with Gasteiger partial charge in [0.25, 0.3) is 5.91 Å². The summed E-state index contributed by atoms with van der Waals surface area (Å²) in [6.07, 6.45) is 1.22. The van der Waals surface area contributed by atoms with Crippen LogP contribution < -0.4 is 5.32 Å². The van der Waals surface area contributed by atoms with Crippen molar-refractivity contribution in [2.45, 2.75) is 18.6 Å². The molecular weight excluding hydrogens is 282 g/mol. The highest BCUT2D eigenvalue weighted by molar-refractivity contribution is 6.04. The zero-order valence-electron chi connectivity index (χ0n) is 12.4. The van der Waals surface area contributed by atoms with Crippen LogP contribution in [0.2, 0.25) is 0 Å². The number of methoxy groups -OCH3 is 1. The smallest absolute Gasteiger partial charge is 0.272 e. The zero-order valence-corrected chi connectivity index (χ0v) is 12.4. The predicted molar refractivity (Wildman–Crippen MR) is 80.6 cm³/mol. The molecule has 2 aromatic rings. The van der Waals surface area contributed by atoms with E-state index in [9.17, 15) is 4.79 Å². The van der Waals surface area contributed by atoms with Gasteiger partial charge in [-0.3, -0.25) is 9.89 Å². The first-order valence-corrected chi connectivity index (χ1v) is 7.64. The molecule has 4 rings (SSSR count). The fourth-order valence-corrected chi connectivity index (χ4v) is 3.79. The number of hydrogen-bond donors (Lipinski definition) is 2. The fourth-order valence-electron chi connectivity index (χ4n) is 3.79. The van der Waals surface area contributed by atoms with E-state index in [2.05, 4.69) is 15.5 Å². The molecule has 6 heteroatoms. The fraction of sp³-hybridized carbons (Fsp3) is 0.500. The number of aromatic amines is 1. The highest BCUT2D eigenvalue weighted by Crippen LogP contribution is 2.43. The van der Waals surface area contributed by atoms with Gasteiger partial charge in [0.2, 0.25) is 0 Å².